The molecule has 0 aliphatic carbocycles. The van der Waals surface area contributed by atoms with Gasteiger partial charge in [0.25, 0.3) is 5.56 Å². The number of nitrogens with one attached hydrogen (secondary N) is 2. The Morgan fingerprint density at radius 2 is 2.00 bits per heavy atom. The van der Waals surface area contributed by atoms with Crippen molar-refractivity contribution in [1.82, 2.24) is 9.97 Å². The Morgan fingerprint density at radius 1 is 1.16 bits per heavy atom. The van der Waals surface area contributed by atoms with Crippen LogP contribution in [0.4, 0.5) is 5.69 Å². The summed E-state index contributed by atoms with van der Waals surface area (Å²) in [6.07, 6.45) is 2.50. The highest BCUT2D eigenvalue weighted by Crippen LogP contribution is 2.12. The van der Waals surface area contributed by atoms with E-state index in [9.17, 15) is 9.59 Å². The third kappa shape index (κ3) is 4.32. The SMILES string of the molecule is CCc1cccc(NC(=O)CCCc2nc3ccccc3c(=O)[nH]2)c1. The van der Waals surface area contributed by atoms with Crippen molar-refractivity contribution in [2.75, 3.05) is 5.32 Å². The van der Waals surface area contributed by atoms with Crippen LogP contribution in [0, 0.1) is 0 Å². The van der Waals surface area contributed by atoms with Crippen LogP contribution >= 0.6 is 0 Å². The third-order valence-corrected chi connectivity index (χ3v) is 4.10. The zero-order chi connectivity index (χ0) is 17.6. The number of para-hydroxylation sites is 1. The van der Waals surface area contributed by atoms with Gasteiger partial charge in [0.05, 0.1) is 10.9 Å². The lowest BCUT2D eigenvalue weighted by molar-refractivity contribution is -0.116. The smallest absolute Gasteiger partial charge is 0.258 e. The minimum absolute atomic E-state index is 0.0311. The fraction of sp³-hybridized carbons (Fsp3) is 0.250. The first-order chi connectivity index (χ1) is 12.2. The summed E-state index contributed by atoms with van der Waals surface area (Å²) in [5.74, 6) is 0.584. The highest BCUT2D eigenvalue weighted by Gasteiger charge is 2.06. The van der Waals surface area contributed by atoms with Crippen molar-refractivity contribution in [2.45, 2.75) is 32.6 Å². The zero-order valence-corrected chi connectivity index (χ0v) is 14.2. The molecule has 1 amide bonds. The van der Waals surface area contributed by atoms with E-state index in [1.807, 2.05) is 42.5 Å². The van der Waals surface area contributed by atoms with Crippen molar-refractivity contribution < 1.29 is 4.79 Å². The van der Waals surface area contributed by atoms with Gasteiger partial charge in [-0.3, -0.25) is 9.59 Å². The lowest BCUT2D eigenvalue weighted by Crippen LogP contribution is -2.14. The van der Waals surface area contributed by atoms with E-state index in [2.05, 4.69) is 22.2 Å². The van der Waals surface area contributed by atoms with Crippen LogP contribution in [0.5, 0.6) is 0 Å². The molecule has 0 fully saturated rings. The van der Waals surface area contributed by atoms with Gasteiger partial charge in [0, 0.05) is 18.5 Å². The molecule has 0 spiro atoms. The number of carbonyl (C=O) groups is 1. The molecule has 128 valence electrons. The van der Waals surface area contributed by atoms with E-state index < -0.39 is 0 Å². The van der Waals surface area contributed by atoms with Gasteiger partial charge in [-0.1, -0.05) is 31.2 Å². The predicted octanol–water partition coefficient (Wildman–Crippen LogP) is 3.45. The van der Waals surface area contributed by atoms with E-state index in [1.54, 1.807) is 6.07 Å². The van der Waals surface area contributed by atoms with E-state index in [4.69, 9.17) is 0 Å². The highest BCUT2D eigenvalue weighted by atomic mass is 16.1. The monoisotopic (exact) mass is 335 g/mol. The number of aromatic nitrogens is 2. The van der Waals surface area contributed by atoms with Crippen LogP contribution in [0.25, 0.3) is 10.9 Å². The molecule has 1 heterocycles. The van der Waals surface area contributed by atoms with Crippen LogP contribution in [0.2, 0.25) is 0 Å². The molecule has 2 aromatic carbocycles. The van der Waals surface area contributed by atoms with Gasteiger partial charge in [0.15, 0.2) is 0 Å². The van der Waals surface area contributed by atoms with Gasteiger partial charge in [-0.25, -0.2) is 4.98 Å². The standard InChI is InChI=1S/C20H21N3O2/c1-2-14-7-5-8-15(13-14)21-19(24)12-6-11-18-22-17-10-4-3-9-16(17)20(25)23-18/h3-5,7-10,13H,2,6,11-12H2,1H3,(H,21,24)(H,22,23,25). The van der Waals surface area contributed by atoms with Gasteiger partial charge in [-0.15, -0.1) is 0 Å². The van der Waals surface area contributed by atoms with Gasteiger partial charge >= 0.3 is 0 Å². The summed E-state index contributed by atoms with van der Waals surface area (Å²) in [6, 6.07) is 15.1. The second-order valence-electron chi connectivity index (χ2n) is 5.99. The molecular weight excluding hydrogens is 314 g/mol. The lowest BCUT2D eigenvalue weighted by Gasteiger charge is -2.07. The lowest BCUT2D eigenvalue weighted by atomic mass is 10.1. The fourth-order valence-electron chi connectivity index (χ4n) is 2.76. The van der Waals surface area contributed by atoms with E-state index >= 15 is 0 Å². The minimum atomic E-state index is -0.138. The largest absolute Gasteiger partial charge is 0.326 e. The molecule has 5 heteroatoms. The third-order valence-electron chi connectivity index (χ3n) is 4.10. The summed E-state index contributed by atoms with van der Waals surface area (Å²) in [4.78, 5) is 31.3. The Hall–Kier alpha value is -2.95. The number of amides is 1. The molecule has 3 rings (SSSR count). The van der Waals surface area contributed by atoms with Crippen molar-refractivity contribution in [3.05, 3.63) is 70.3 Å². The molecule has 0 aliphatic rings. The number of H-pyrrole nitrogens is 1. The summed E-state index contributed by atoms with van der Waals surface area (Å²) in [5, 5.41) is 3.50. The number of hydrogen-bond acceptors (Lipinski definition) is 3. The molecule has 0 saturated heterocycles. The van der Waals surface area contributed by atoms with Gasteiger partial charge in [-0.2, -0.15) is 0 Å². The average Bonchev–Trinajstić information content (AvgIpc) is 2.62. The topological polar surface area (TPSA) is 74.8 Å². The second-order valence-corrected chi connectivity index (χ2v) is 5.99. The normalized spacial score (nSPS) is 10.8. The number of carbonyl (C=O) groups excluding carboxylic acids is 1. The first kappa shape index (κ1) is 16.9. The predicted molar refractivity (Wildman–Crippen MR) is 99.8 cm³/mol. The van der Waals surface area contributed by atoms with Crippen LogP contribution in [-0.4, -0.2) is 15.9 Å². The Kier molecular flexibility index (Phi) is 5.23. The van der Waals surface area contributed by atoms with E-state index in [0.717, 1.165) is 12.1 Å². The number of rotatable bonds is 6. The van der Waals surface area contributed by atoms with Crippen LogP contribution in [0.3, 0.4) is 0 Å². The Morgan fingerprint density at radius 3 is 2.84 bits per heavy atom. The molecular formula is C20H21N3O2. The number of fused-ring (bicyclic) bond motifs is 1. The summed E-state index contributed by atoms with van der Waals surface area (Å²) < 4.78 is 0. The summed E-state index contributed by atoms with van der Waals surface area (Å²) in [7, 11) is 0. The van der Waals surface area contributed by atoms with Crippen LogP contribution < -0.4 is 10.9 Å². The molecule has 0 radical (unpaired) electrons. The Bertz CT molecular complexity index is 947. The van der Waals surface area contributed by atoms with Crippen LogP contribution in [0.1, 0.15) is 31.2 Å². The van der Waals surface area contributed by atoms with Crippen molar-refractivity contribution in [1.29, 1.82) is 0 Å². The van der Waals surface area contributed by atoms with Gasteiger partial charge in [-0.05, 0) is 42.7 Å². The maximum Gasteiger partial charge on any atom is 0.258 e. The van der Waals surface area contributed by atoms with E-state index in [0.29, 0.717) is 36.0 Å². The first-order valence-corrected chi connectivity index (χ1v) is 8.52. The first-order valence-electron chi connectivity index (χ1n) is 8.52. The Labute approximate surface area is 146 Å². The number of aromatic amines is 1. The van der Waals surface area contributed by atoms with Gasteiger partial charge in [0.2, 0.25) is 5.91 Å². The quantitative estimate of drug-likeness (QED) is 0.724. The number of aryl methyl sites for hydroxylation is 2. The fourth-order valence-corrected chi connectivity index (χ4v) is 2.76. The highest BCUT2D eigenvalue weighted by molar-refractivity contribution is 5.90. The maximum atomic E-state index is 12.1. The molecule has 5 nitrogen and oxygen atoms in total. The summed E-state index contributed by atoms with van der Waals surface area (Å²) in [6.45, 7) is 2.08. The number of anilines is 1. The van der Waals surface area contributed by atoms with Crippen molar-refractivity contribution >= 4 is 22.5 Å². The molecule has 2 N–H and O–H groups in total. The molecule has 25 heavy (non-hydrogen) atoms. The molecule has 0 unspecified atom stereocenters. The zero-order valence-electron chi connectivity index (χ0n) is 14.2. The molecule has 0 aliphatic heterocycles. The van der Waals surface area contributed by atoms with Gasteiger partial charge in [0.1, 0.15) is 5.82 Å². The summed E-state index contributed by atoms with van der Waals surface area (Å²) in [5.41, 5.74) is 2.56. The molecule has 1 aromatic heterocycles. The molecule has 3 aromatic rings. The van der Waals surface area contributed by atoms with Crippen molar-refractivity contribution in [2.24, 2.45) is 0 Å². The van der Waals surface area contributed by atoms with E-state index in [1.165, 1.54) is 5.56 Å². The second kappa shape index (κ2) is 7.75. The average molecular weight is 335 g/mol. The molecule has 0 atom stereocenters. The molecule has 0 bridgehead atoms. The number of benzene rings is 2. The van der Waals surface area contributed by atoms with Crippen LogP contribution in [-0.2, 0) is 17.6 Å². The van der Waals surface area contributed by atoms with Gasteiger partial charge < -0.3 is 10.3 Å². The minimum Gasteiger partial charge on any atom is -0.326 e. The maximum absolute atomic E-state index is 12.1. The van der Waals surface area contributed by atoms with Crippen molar-refractivity contribution in [3.63, 3.8) is 0 Å². The van der Waals surface area contributed by atoms with E-state index in [-0.39, 0.29) is 11.5 Å². The molecule has 0 saturated carbocycles. The number of nitrogens with zero attached hydrogens (tertiary/aromatic N) is 1. The number of hydrogen-bond donors (Lipinski definition) is 2. The Balaban J connectivity index is 1.57. The van der Waals surface area contributed by atoms with Crippen molar-refractivity contribution in [3.8, 4) is 0 Å². The van der Waals surface area contributed by atoms with Crippen LogP contribution in [0.15, 0.2) is 53.3 Å². The summed E-state index contributed by atoms with van der Waals surface area (Å²) >= 11 is 0.